The zero-order valence-corrected chi connectivity index (χ0v) is 11.9. The SMILES string of the molecule is Cc1c([N+](=O)[O-])cnn1C(C)C(=O)NCCCC(=O)Cl. The van der Waals surface area contributed by atoms with Crippen molar-refractivity contribution in [3.63, 3.8) is 0 Å². The quantitative estimate of drug-likeness (QED) is 0.354. The second kappa shape index (κ2) is 6.99. The maximum absolute atomic E-state index is 11.9. The van der Waals surface area contributed by atoms with Gasteiger partial charge in [0.25, 0.3) is 0 Å². The van der Waals surface area contributed by atoms with Gasteiger partial charge in [-0.3, -0.25) is 24.4 Å². The van der Waals surface area contributed by atoms with E-state index in [1.54, 1.807) is 6.92 Å². The lowest BCUT2D eigenvalue weighted by atomic mass is 10.2. The standard InChI is InChI=1S/C11H15ClN4O4/c1-7-9(16(19)20)6-14-15(7)8(2)11(18)13-5-3-4-10(12)17/h6,8H,3-5H2,1-2H3,(H,13,18). The molecule has 0 bridgehead atoms. The van der Waals surface area contributed by atoms with Crippen molar-refractivity contribution in [1.29, 1.82) is 0 Å². The van der Waals surface area contributed by atoms with E-state index in [4.69, 9.17) is 11.6 Å². The van der Waals surface area contributed by atoms with Gasteiger partial charge in [0.2, 0.25) is 11.1 Å². The molecule has 0 radical (unpaired) electrons. The maximum Gasteiger partial charge on any atom is 0.309 e. The normalized spacial score (nSPS) is 11.9. The molecule has 0 spiro atoms. The van der Waals surface area contributed by atoms with Crippen LogP contribution in [0.3, 0.4) is 0 Å². The van der Waals surface area contributed by atoms with Crippen molar-refractivity contribution in [3.8, 4) is 0 Å². The van der Waals surface area contributed by atoms with Gasteiger partial charge in [0.15, 0.2) is 0 Å². The lowest BCUT2D eigenvalue weighted by molar-refractivity contribution is -0.385. The van der Waals surface area contributed by atoms with Crippen LogP contribution in [0.1, 0.15) is 31.5 Å². The van der Waals surface area contributed by atoms with Crippen molar-refractivity contribution in [2.45, 2.75) is 32.7 Å². The Balaban J connectivity index is 2.61. The second-order valence-corrected chi connectivity index (χ2v) is 4.66. The number of halogens is 1. The predicted molar refractivity (Wildman–Crippen MR) is 71.4 cm³/mol. The molecule has 0 aliphatic rings. The zero-order chi connectivity index (χ0) is 15.3. The van der Waals surface area contributed by atoms with E-state index >= 15 is 0 Å². The molecule has 1 unspecified atom stereocenters. The summed E-state index contributed by atoms with van der Waals surface area (Å²) in [6.45, 7) is 3.43. The largest absolute Gasteiger partial charge is 0.354 e. The minimum Gasteiger partial charge on any atom is -0.354 e. The van der Waals surface area contributed by atoms with Crippen LogP contribution in [0.2, 0.25) is 0 Å². The Hall–Kier alpha value is -1.96. The Kier molecular flexibility index (Phi) is 5.63. The summed E-state index contributed by atoms with van der Waals surface area (Å²) in [5.41, 5.74) is 0.186. The number of aromatic nitrogens is 2. The van der Waals surface area contributed by atoms with Gasteiger partial charge in [-0.05, 0) is 31.9 Å². The fourth-order valence-corrected chi connectivity index (χ4v) is 1.82. The van der Waals surface area contributed by atoms with Crippen molar-refractivity contribution in [2.75, 3.05) is 6.54 Å². The molecule has 1 heterocycles. The number of carbonyl (C=O) groups excluding carboxylic acids is 2. The molecule has 0 aliphatic carbocycles. The summed E-state index contributed by atoms with van der Waals surface area (Å²) >= 11 is 5.18. The molecule has 0 saturated carbocycles. The van der Waals surface area contributed by atoms with Gasteiger partial charge < -0.3 is 5.32 Å². The Morgan fingerprint density at radius 2 is 2.25 bits per heavy atom. The molecule has 110 valence electrons. The van der Waals surface area contributed by atoms with E-state index < -0.39 is 16.2 Å². The molecule has 0 fully saturated rings. The smallest absolute Gasteiger partial charge is 0.309 e. The van der Waals surface area contributed by atoms with Gasteiger partial charge >= 0.3 is 5.69 Å². The van der Waals surface area contributed by atoms with Crippen LogP contribution in [0.5, 0.6) is 0 Å². The first kappa shape index (κ1) is 16.1. The minimum atomic E-state index is -0.671. The molecule has 1 N–H and O–H groups in total. The average molecular weight is 303 g/mol. The summed E-state index contributed by atoms with van der Waals surface area (Å²) in [5.74, 6) is -0.326. The lowest BCUT2D eigenvalue weighted by Gasteiger charge is -2.13. The zero-order valence-electron chi connectivity index (χ0n) is 11.1. The number of nitrogens with zero attached hydrogens (tertiary/aromatic N) is 3. The molecule has 0 saturated heterocycles. The van der Waals surface area contributed by atoms with Crippen LogP contribution in [0.4, 0.5) is 5.69 Å². The van der Waals surface area contributed by atoms with Crippen LogP contribution in [-0.2, 0) is 9.59 Å². The highest BCUT2D eigenvalue weighted by atomic mass is 35.5. The van der Waals surface area contributed by atoms with Crippen molar-refractivity contribution in [3.05, 3.63) is 22.0 Å². The van der Waals surface area contributed by atoms with Crippen LogP contribution >= 0.6 is 11.6 Å². The van der Waals surface area contributed by atoms with E-state index in [0.717, 1.165) is 6.20 Å². The third-order valence-corrected chi connectivity index (χ3v) is 3.00. The van der Waals surface area contributed by atoms with E-state index in [1.807, 2.05) is 0 Å². The molecule has 0 aliphatic heterocycles. The predicted octanol–water partition coefficient (Wildman–Crippen LogP) is 1.32. The first-order valence-electron chi connectivity index (χ1n) is 5.99. The monoisotopic (exact) mass is 302 g/mol. The Morgan fingerprint density at radius 1 is 1.60 bits per heavy atom. The highest BCUT2D eigenvalue weighted by Gasteiger charge is 2.23. The van der Waals surface area contributed by atoms with Crippen LogP contribution in [-0.4, -0.2) is 32.4 Å². The van der Waals surface area contributed by atoms with Gasteiger partial charge in [-0.1, -0.05) is 0 Å². The van der Waals surface area contributed by atoms with Gasteiger partial charge in [-0.25, -0.2) is 0 Å². The van der Waals surface area contributed by atoms with Crippen LogP contribution in [0.15, 0.2) is 6.20 Å². The van der Waals surface area contributed by atoms with E-state index in [0.29, 0.717) is 18.7 Å². The van der Waals surface area contributed by atoms with Crippen LogP contribution in [0.25, 0.3) is 0 Å². The van der Waals surface area contributed by atoms with Crippen LogP contribution in [0, 0.1) is 17.0 Å². The number of rotatable bonds is 7. The average Bonchev–Trinajstić information content (AvgIpc) is 2.75. The minimum absolute atomic E-state index is 0.127. The molecule has 9 heteroatoms. The van der Waals surface area contributed by atoms with Crippen molar-refractivity contribution in [2.24, 2.45) is 0 Å². The number of hydrogen-bond acceptors (Lipinski definition) is 5. The Labute approximate surface area is 120 Å². The van der Waals surface area contributed by atoms with Crippen molar-refractivity contribution in [1.82, 2.24) is 15.1 Å². The number of carbonyl (C=O) groups is 2. The fraction of sp³-hybridized carbons (Fsp3) is 0.545. The summed E-state index contributed by atoms with van der Waals surface area (Å²) < 4.78 is 1.29. The molecular formula is C11H15ClN4O4. The summed E-state index contributed by atoms with van der Waals surface area (Å²) in [7, 11) is 0. The summed E-state index contributed by atoms with van der Waals surface area (Å²) in [5, 5.41) is 16.7. The molecular weight excluding hydrogens is 288 g/mol. The number of amides is 1. The topological polar surface area (TPSA) is 107 Å². The van der Waals surface area contributed by atoms with Gasteiger partial charge in [0.1, 0.15) is 17.9 Å². The summed E-state index contributed by atoms with van der Waals surface area (Å²) in [6.07, 6.45) is 1.74. The van der Waals surface area contributed by atoms with Crippen LogP contribution < -0.4 is 5.32 Å². The molecule has 1 rings (SSSR count). The molecule has 1 aromatic heterocycles. The van der Waals surface area contributed by atoms with Gasteiger partial charge in [0.05, 0.1) is 4.92 Å². The Bertz CT molecular complexity index is 528. The third kappa shape index (κ3) is 4.02. The van der Waals surface area contributed by atoms with Crippen molar-refractivity contribution >= 4 is 28.4 Å². The molecule has 8 nitrogen and oxygen atoms in total. The van der Waals surface area contributed by atoms with Gasteiger partial charge in [0, 0.05) is 13.0 Å². The highest BCUT2D eigenvalue weighted by Crippen LogP contribution is 2.19. The van der Waals surface area contributed by atoms with E-state index in [9.17, 15) is 19.7 Å². The molecule has 1 amide bonds. The first-order valence-corrected chi connectivity index (χ1v) is 6.37. The number of nitrogens with one attached hydrogen (secondary N) is 1. The van der Waals surface area contributed by atoms with Gasteiger partial charge in [-0.2, -0.15) is 5.10 Å². The summed E-state index contributed by atoms with van der Waals surface area (Å²) in [4.78, 5) is 32.6. The molecule has 1 aromatic rings. The fourth-order valence-electron chi connectivity index (χ4n) is 1.68. The van der Waals surface area contributed by atoms with E-state index in [-0.39, 0.29) is 18.0 Å². The second-order valence-electron chi connectivity index (χ2n) is 4.24. The third-order valence-electron chi connectivity index (χ3n) is 2.81. The maximum atomic E-state index is 11.9. The molecule has 20 heavy (non-hydrogen) atoms. The first-order chi connectivity index (χ1) is 9.34. The van der Waals surface area contributed by atoms with Crippen molar-refractivity contribution < 1.29 is 14.5 Å². The number of nitro groups is 1. The molecule has 0 aromatic carbocycles. The molecule has 1 atom stereocenters. The highest BCUT2D eigenvalue weighted by molar-refractivity contribution is 6.63. The van der Waals surface area contributed by atoms with E-state index in [2.05, 4.69) is 10.4 Å². The van der Waals surface area contributed by atoms with Gasteiger partial charge in [-0.15, -0.1) is 0 Å². The Morgan fingerprint density at radius 3 is 2.75 bits per heavy atom. The van der Waals surface area contributed by atoms with E-state index in [1.165, 1.54) is 11.6 Å². The summed E-state index contributed by atoms with van der Waals surface area (Å²) in [6, 6.07) is -0.671. The number of hydrogen-bond donors (Lipinski definition) is 1. The lowest BCUT2D eigenvalue weighted by Crippen LogP contribution is -2.32.